The van der Waals surface area contributed by atoms with Crippen molar-refractivity contribution in [3.05, 3.63) is 70.6 Å². The summed E-state index contributed by atoms with van der Waals surface area (Å²) in [6.45, 7) is 26.3. The van der Waals surface area contributed by atoms with Crippen LogP contribution in [0.25, 0.3) is 36.5 Å². The minimum absolute atomic E-state index is 0.528. The van der Waals surface area contributed by atoms with Crippen LogP contribution in [0.3, 0.4) is 0 Å². The molecule has 0 amide bonds. The van der Waals surface area contributed by atoms with Crippen LogP contribution in [0.2, 0.25) is 0 Å². The molecule has 0 saturated carbocycles. The zero-order chi connectivity index (χ0) is 105. The predicted octanol–water partition coefficient (Wildman–Crippen LogP) is 45.1. The molecular weight excluding hydrogens is 1810 g/mol. The van der Waals surface area contributed by atoms with Gasteiger partial charge in [0, 0.05) is 0 Å². The molecule has 0 fully saturated rings. The first kappa shape index (κ1) is 133. The number of nitrogens with zero attached hydrogens (tertiary/aromatic N) is 3. The maximum Gasteiger partial charge on any atom is 0.203 e. The van der Waals surface area contributed by atoms with E-state index < -0.39 is 0 Å². The predicted molar refractivity (Wildman–Crippen MR) is 642 cm³/mol. The summed E-state index contributed by atoms with van der Waals surface area (Å²) in [5.74, 6) is 8.20. The first-order valence-corrected chi connectivity index (χ1v) is 64.8. The smallest absolute Gasteiger partial charge is 0.203 e. The van der Waals surface area contributed by atoms with Gasteiger partial charge in [0.2, 0.25) is 17.2 Å². The second-order valence-electron chi connectivity index (χ2n) is 44.2. The fraction of sp³-hybridized carbons (Fsp3) is 0.800. The largest absolute Gasteiger partial charge is 0.490 e. The fourth-order valence-corrected chi connectivity index (χ4v) is 20.2. The average Bonchev–Trinajstić information content (AvgIpc) is 0.823. The van der Waals surface area contributed by atoms with Crippen molar-refractivity contribution in [3.8, 4) is 51.7 Å². The number of hydrogen-bond donors (Lipinski definition) is 0. The molecular formula is C135H237N3O9. The molecule has 0 saturated heterocycles. The quantitative estimate of drug-likeness (QED) is 0.0391. The van der Waals surface area contributed by atoms with Gasteiger partial charge < -0.3 is 42.6 Å². The van der Waals surface area contributed by atoms with Gasteiger partial charge in [0.15, 0.2) is 52.0 Å². The number of benzene rings is 3. The van der Waals surface area contributed by atoms with Gasteiger partial charge in [-0.25, -0.2) is 15.0 Å². The number of unbranched alkanes of at least 4 members (excludes halogenated alkanes) is 81. The Morgan fingerprint density at radius 1 is 0.129 bits per heavy atom. The van der Waals surface area contributed by atoms with Crippen LogP contribution in [-0.2, 0) is 0 Å². The Hall–Kier alpha value is -5.91. The number of aromatic nitrogens is 3. The Morgan fingerprint density at radius 3 is 0.347 bits per heavy atom. The molecule has 0 bridgehead atoms. The number of rotatable bonds is 114. The van der Waals surface area contributed by atoms with Crippen LogP contribution in [0, 0.1) is 0 Å². The topological polar surface area (TPSA) is 122 Å². The summed E-state index contributed by atoms with van der Waals surface area (Å²) >= 11 is 0. The molecule has 0 atom stereocenters. The number of ether oxygens (including phenoxy) is 9. The highest BCUT2D eigenvalue weighted by Gasteiger charge is 2.22. The lowest BCUT2D eigenvalue weighted by Crippen LogP contribution is -2.07. The average molecular weight is 2050 g/mol. The van der Waals surface area contributed by atoms with Crippen molar-refractivity contribution in [2.24, 2.45) is 0 Å². The highest BCUT2D eigenvalue weighted by Crippen LogP contribution is 2.44. The first-order valence-electron chi connectivity index (χ1n) is 64.8. The van der Waals surface area contributed by atoms with E-state index in [-0.39, 0.29) is 0 Å². The van der Waals surface area contributed by atoms with Crippen molar-refractivity contribution >= 4 is 36.5 Å². The maximum absolute atomic E-state index is 7.02. The molecule has 12 heteroatoms. The molecule has 4 aromatic rings. The van der Waals surface area contributed by atoms with E-state index in [1.807, 2.05) is 18.2 Å². The van der Waals surface area contributed by atoms with E-state index in [1.54, 1.807) is 0 Å². The van der Waals surface area contributed by atoms with Crippen LogP contribution in [0.5, 0.6) is 51.7 Å². The molecule has 12 nitrogen and oxygen atoms in total. The summed E-state index contributed by atoms with van der Waals surface area (Å²) in [7, 11) is 0. The van der Waals surface area contributed by atoms with Gasteiger partial charge in [-0.1, -0.05) is 601 Å². The van der Waals surface area contributed by atoms with Gasteiger partial charge >= 0.3 is 0 Å². The van der Waals surface area contributed by atoms with Gasteiger partial charge in [-0.05, 0) is 129 Å². The van der Waals surface area contributed by atoms with Crippen molar-refractivity contribution < 1.29 is 42.6 Å². The lowest BCUT2D eigenvalue weighted by atomic mass is 10.1. The lowest BCUT2D eigenvalue weighted by Gasteiger charge is -2.18. The van der Waals surface area contributed by atoms with Crippen LogP contribution in [0.15, 0.2) is 36.4 Å². The molecule has 0 N–H and O–H groups in total. The highest BCUT2D eigenvalue weighted by molar-refractivity contribution is 5.75. The lowest BCUT2D eigenvalue weighted by molar-refractivity contribution is 0.234. The van der Waals surface area contributed by atoms with E-state index in [9.17, 15) is 0 Å². The zero-order valence-electron chi connectivity index (χ0n) is 98.4. The molecule has 846 valence electrons. The number of hydrogen-bond acceptors (Lipinski definition) is 12. The molecule has 147 heavy (non-hydrogen) atoms. The van der Waals surface area contributed by atoms with E-state index in [1.165, 1.54) is 462 Å². The molecule has 0 spiro atoms. The Morgan fingerprint density at radius 2 is 0.231 bits per heavy atom. The summed E-state index contributed by atoms with van der Waals surface area (Å²) in [6.07, 6.45) is 126. The summed E-state index contributed by atoms with van der Waals surface area (Å²) in [5, 5.41) is 0. The third kappa shape index (κ3) is 77.1. The fourth-order valence-electron chi connectivity index (χ4n) is 20.2. The van der Waals surface area contributed by atoms with Crippen LogP contribution >= 0.6 is 0 Å². The second kappa shape index (κ2) is 103. The molecule has 0 aliphatic carbocycles. The zero-order valence-corrected chi connectivity index (χ0v) is 98.4. The van der Waals surface area contributed by atoms with E-state index >= 15 is 0 Å². The van der Waals surface area contributed by atoms with Gasteiger partial charge in [-0.15, -0.1) is 0 Å². The van der Waals surface area contributed by atoms with Crippen molar-refractivity contribution in [2.75, 3.05) is 59.5 Å². The van der Waals surface area contributed by atoms with Gasteiger partial charge in [0.25, 0.3) is 0 Å². The molecule has 4 rings (SSSR count). The highest BCUT2D eigenvalue weighted by atomic mass is 16.6. The van der Waals surface area contributed by atoms with E-state index in [4.69, 9.17) is 57.6 Å². The standard InChI is InChI=1S/C135H237N3O9/c1-10-19-28-37-46-55-64-73-82-91-106-139-124-115-121(116-125(140-107-92-83-74-65-56-47-38-29-20-11-2)133(124)145-112-97-88-79-70-61-52-43-34-25-16-7)100-103-130-136-131(104-101-122-117-126(141-108-93-84-75-66-57-48-39-30-21-12-3)134(146-113-98-89-80-71-62-53-44-35-26-17-8)127(118-122)142-109-94-85-76-67-58-49-40-31-22-13-4)138-132(137-130)105-102-123-119-128(143-110-95-86-77-68-59-50-41-32-23-14-5)135(147-114-99-90-81-72-63-54-45-36-27-18-9)129(120-123)144-111-96-87-78-69-60-51-42-33-24-15-6/h100-105,115-120H,10-99,106-114H2,1-9H3/b103-100+,104-101+,105-102+. The minimum atomic E-state index is 0.528. The van der Waals surface area contributed by atoms with Crippen LogP contribution < -0.4 is 42.6 Å². The Labute approximate surface area is 910 Å². The normalized spacial score (nSPS) is 11.7. The molecule has 0 aliphatic rings. The molecule has 3 aromatic carbocycles. The molecule has 0 radical (unpaired) electrons. The van der Waals surface area contributed by atoms with Gasteiger partial charge in [0.05, 0.1) is 59.5 Å². The van der Waals surface area contributed by atoms with Crippen molar-refractivity contribution in [2.45, 2.75) is 640 Å². The Kier molecular flexibility index (Phi) is 93.6. The molecule has 0 unspecified atom stereocenters. The summed E-state index contributed by atoms with van der Waals surface area (Å²) < 4.78 is 63.1. The summed E-state index contributed by atoms with van der Waals surface area (Å²) in [5.41, 5.74) is 2.80. The maximum atomic E-state index is 7.02. The summed E-state index contributed by atoms with van der Waals surface area (Å²) in [4.78, 5) is 16.1. The van der Waals surface area contributed by atoms with Crippen molar-refractivity contribution in [3.63, 3.8) is 0 Å². The molecule has 1 heterocycles. The first-order chi connectivity index (χ1) is 72.8. The van der Waals surface area contributed by atoms with Crippen molar-refractivity contribution in [1.29, 1.82) is 0 Å². The monoisotopic (exact) mass is 2040 g/mol. The van der Waals surface area contributed by atoms with Crippen LogP contribution in [0.1, 0.15) is 674 Å². The van der Waals surface area contributed by atoms with Gasteiger partial charge in [-0.3, -0.25) is 0 Å². The summed E-state index contributed by atoms with van der Waals surface area (Å²) in [6, 6.07) is 13.0. The van der Waals surface area contributed by atoms with E-state index in [0.717, 1.165) is 184 Å². The van der Waals surface area contributed by atoms with Gasteiger partial charge in [-0.2, -0.15) is 0 Å². The van der Waals surface area contributed by atoms with E-state index in [2.05, 4.69) is 117 Å². The van der Waals surface area contributed by atoms with Crippen LogP contribution in [0.4, 0.5) is 0 Å². The molecule has 0 aliphatic heterocycles. The minimum Gasteiger partial charge on any atom is -0.490 e. The molecule has 1 aromatic heterocycles. The SMILES string of the molecule is CCCCCCCCCCCCOc1cc(/C=C/c2nc(/C=C/c3cc(OCCCCCCCCCCCC)c(OCCCCCCCCCCCC)c(OCCCCCCCCCCCC)c3)nc(/C=C/c3cc(OCCCCCCCCCCCC)c(OCCCCCCCCCCCC)c(OCCCCCCCCCCCC)c3)n2)cc(OCCCCCCCCCCCC)c1OCCCCCCCCCCCC. The third-order valence-electron chi connectivity index (χ3n) is 29.9. The van der Waals surface area contributed by atoms with Crippen molar-refractivity contribution in [1.82, 2.24) is 15.0 Å². The second-order valence-corrected chi connectivity index (χ2v) is 44.2. The third-order valence-corrected chi connectivity index (χ3v) is 29.9. The Bertz CT molecular complexity index is 3090. The Balaban J connectivity index is 2.02. The van der Waals surface area contributed by atoms with Crippen LogP contribution in [-0.4, -0.2) is 74.4 Å². The van der Waals surface area contributed by atoms with E-state index in [0.29, 0.717) is 76.9 Å². The van der Waals surface area contributed by atoms with Gasteiger partial charge in [0.1, 0.15) is 0 Å².